The third kappa shape index (κ3) is 3.41. The first-order chi connectivity index (χ1) is 13.0. The van der Waals surface area contributed by atoms with E-state index in [0.29, 0.717) is 11.3 Å². The highest BCUT2D eigenvalue weighted by Crippen LogP contribution is 2.23. The molecule has 27 heavy (non-hydrogen) atoms. The Bertz CT molecular complexity index is 1080. The molecule has 0 unspecified atom stereocenters. The van der Waals surface area contributed by atoms with Crippen LogP contribution in [0.5, 0.6) is 5.75 Å². The van der Waals surface area contributed by atoms with E-state index in [1.54, 1.807) is 31.3 Å². The summed E-state index contributed by atoms with van der Waals surface area (Å²) < 4.78 is 12.7. The summed E-state index contributed by atoms with van der Waals surface area (Å²) >= 11 is 0. The van der Waals surface area contributed by atoms with Crippen LogP contribution in [0.1, 0.15) is 10.4 Å². The fraction of sp³-hybridized carbons (Fsp3) is 0.211. The highest BCUT2D eigenvalue weighted by Gasteiger charge is 2.17. The standard InChI is InChI=1S/C19H19N3O5/c1-21-15-6-4-5-7-16(15)22(19(21)25)11-17(23)20-14-9-8-12(26-2)10-13(14)18(24)27-3/h4-10H,11H2,1-3H3,(H,20,23). The van der Waals surface area contributed by atoms with Crippen LogP contribution in [-0.2, 0) is 23.1 Å². The van der Waals surface area contributed by atoms with Gasteiger partial charge in [-0.05, 0) is 30.3 Å². The number of imidazole rings is 1. The molecule has 8 nitrogen and oxygen atoms in total. The lowest BCUT2D eigenvalue weighted by molar-refractivity contribution is -0.116. The molecule has 0 saturated heterocycles. The summed E-state index contributed by atoms with van der Waals surface area (Å²) in [6.45, 7) is -0.188. The summed E-state index contributed by atoms with van der Waals surface area (Å²) in [5.41, 5.74) is 1.53. The van der Waals surface area contributed by atoms with E-state index in [2.05, 4.69) is 5.32 Å². The maximum atomic E-state index is 12.5. The molecule has 0 fully saturated rings. The monoisotopic (exact) mass is 369 g/mol. The number of hydrogen-bond donors (Lipinski definition) is 1. The van der Waals surface area contributed by atoms with Gasteiger partial charge in [-0.3, -0.25) is 13.9 Å². The highest BCUT2D eigenvalue weighted by molar-refractivity contribution is 6.01. The molecule has 0 bridgehead atoms. The number of methoxy groups -OCH3 is 2. The van der Waals surface area contributed by atoms with E-state index < -0.39 is 11.9 Å². The predicted octanol–water partition coefficient (Wildman–Crippen LogP) is 1.77. The summed E-state index contributed by atoms with van der Waals surface area (Å²) in [7, 11) is 4.38. The fourth-order valence-corrected chi connectivity index (χ4v) is 2.89. The number of nitrogens with one attached hydrogen (secondary N) is 1. The Morgan fingerprint density at radius 2 is 1.78 bits per heavy atom. The molecule has 1 amide bonds. The molecule has 0 radical (unpaired) electrons. The lowest BCUT2D eigenvalue weighted by Gasteiger charge is -2.11. The number of amides is 1. The molecule has 0 spiro atoms. The third-order valence-electron chi connectivity index (χ3n) is 4.26. The number of fused-ring (bicyclic) bond motifs is 1. The van der Waals surface area contributed by atoms with E-state index in [4.69, 9.17) is 9.47 Å². The zero-order valence-corrected chi connectivity index (χ0v) is 15.2. The number of aryl methyl sites for hydroxylation is 1. The second-order valence-corrected chi connectivity index (χ2v) is 5.87. The van der Waals surface area contributed by atoms with E-state index in [1.807, 2.05) is 12.1 Å². The second kappa shape index (κ2) is 7.36. The van der Waals surface area contributed by atoms with Crippen molar-refractivity contribution in [1.82, 2.24) is 9.13 Å². The van der Waals surface area contributed by atoms with Crippen LogP contribution in [0.25, 0.3) is 11.0 Å². The first-order valence-corrected chi connectivity index (χ1v) is 8.16. The van der Waals surface area contributed by atoms with Gasteiger partial charge >= 0.3 is 11.7 Å². The van der Waals surface area contributed by atoms with E-state index >= 15 is 0 Å². The Labute approximate surface area is 154 Å². The van der Waals surface area contributed by atoms with Crippen molar-refractivity contribution in [3.63, 3.8) is 0 Å². The normalized spacial score (nSPS) is 10.6. The van der Waals surface area contributed by atoms with Gasteiger partial charge < -0.3 is 14.8 Å². The van der Waals surface area contributed by atoms with Crippen molar-refractivity contribution in [3.8, 4) is 5.75 Å². The van der Waals surface area contributed by atoms with Crippen molar-refractivity contribution in [2.45, 2.75) is 6.54 Å². The Morgan fingerprint density at radius 1 is 1.07 bits per heavy atom. The maximum absolute atomic E-state index is 12.5. The zero-order valence-electron chi connectivity index (χ0n) is 15.2. The number of aromatic nitrogens is 2. The van der Waals surface area contributed by atoms with Gasteiger partial charge in [-0.1, -0.05) is 12.1 Å². The van der Waals surface area contributed by atoms with Crippen LogP contribution in [0.4, 0.5) is 5.69 Å². The first-order valence-electron chi connectivity index (χ1n) is 8.16. The zero-order chi connectivity index (χ0) is 19.6. The van der Waals surface area contributed by atoms with Gasteiger partial charge in [0.15, 0.2) is 0 Å². The molecule has 0 aliphatic heterocycles. The van der Waals surface area contributed by atoms with Gasteiger partial charge in [0.2, 0.25) is 5.91 Å². The minimum Gasteiger partial charge on any atom is -0.497 e. The average molecular weight is 369 g/mol. The van der Waals surface area contributed by atoms with Gasteiger partial charge in [-0.25, -0.2) is 9.59 Å². The van der Waals surface area contributed by atoms with Crippen LogP contribution in [0.2, 0.25) is 0 Å². The summed E-state index contributed by atoms with van der Waals surface area (Å²) in [5, 5.41) is 2.66. The van der Waals surface area contributed by atoms with Gasteiger partial charge in [-0.15, -0.1) is 0 Å². The van der Waals surface area contributed by atoms with Crippen molar-refractivity contribution in [3.05, 3.63) is 58.5 Å². The van der Waals surface area contributed by atoms with Crippen LogP contribution in [0.15, 0.2) is 47.3 Å². The predicted molar refractivity (Wildman–Crippen MR) is 100 cm³/mol. The Kier molecular flexibility index (Phi) is 4.98. The van der Waals surface area contributed by atoms with E-state index in [0.717, 1.165) is 5.52 Å². The Hall–Kier alpha value is -3.55. The molecule has 0 aliphatic carbocycles. The molecule has 1 N–H and O–H groups in total. The molecule has 0 atom stereocenters. The summed E-state index contributed by atoms with van der Waals surface area (Å²) in [4.78, 5) is 37.0. The number of anilines is 1. The summed E-state index contributed by atoms with van der Waals surface area (Å²) in [6, 6.07) is 11.9. The van der Waals surface area contributed by atoms with Crippen molar-refractivity contribution in [2.75, 3.05) is 19.5 Å². The smallest absolute Gasteiger partial charge is 0.340 e. The lowest BCUT2D eigenvalue weighted by Crippen LogP contribution is -2.28. The van der Waals surface area contributed by atoms with E-state index in [-0.39, 0.29) is 23.5 Å². The molecule has 3 rings (SSSR count). The number of esters is 1. The summed E-state index contributed by atoms with van der Waals surface area (Å²) in [6.07, 6.45) is 0. The number of hydrogen-bond acceptors (Lipinski definition) is 5. The van der Waals surface area contributed by atoms with Gasteiger partial charge in [0, 0.05) is 7.05 Å². The number of carbonyl (C=O) groups excluding carboxylic acids is 2. The third-order valence-corrected chi connectivity index (χ3v) is 4.26. The quantitative estimate of drug-likeness (QED) is 0.692. The number of carbonyl (C=O) groups is 2. The molecule has 0 saturated carbocycles. The van der Waals surface area contributed by atoms with E-state index in [9.17, 15) is 14.4 Å². The van der Waals surface area contributed by atoms with Crippen molar-refractivity contribution in [1.29, 1.82) is 0 Å². The number of rotatable bonds is 5. The van der Waals surface area contributed by atoms with Crippen LogP contribution in [0.3, 0.4) is 0 Å². The number of benzene rings is 2. The molecule has 2 aromatic carbocycles. The number of nitrogens with zero attached hydrogens (tertiary/aromatic N) is 2. The van der Waals surface area contributed by atoms with Crippen LogP contribution >= 0.6 is 0 Å². The molecule has 0 aliphatic rings. The molecule has 1 heterocycles. The van der Waals surface area contributed by atoms with Crippen molar-refractivity contribution >= 4 is 28.6 Å². The fourth-order valence-electron chi connectivity index (χ4n) is 2.89. The van der Waals surface area contributed by atoms with Gasteiger partial charge in [0.05, 0.1) is 36.5 Å². The maximum Gasteiger partial charge on any atom is 0.340 e. The van der Waals surface area contributed by atoms with Crippen molar-refractivity contribution < 1.29 is 19.1 Å². The molecule has 3 aromatic rings. The van der Waals surface area contributed by atoms with Crippen molar-refractivity contribution in [2.24, 2.45) is 7.05 Å². The Balaban J connectivity index is 1.90. The van der Waals surface area contributed by atoms with Crippen LogP contribution < -0.4 is 15.7 Å². The molecular formula is C19H19N3O5. The second-order valence-electron chi connectivity index (χ2n) is 5.87. The van der Waals surface area contributed by atoms with Crippen LogP contribution in [0, 0.1) is 0 Å². The van der Waals surface area contributed by atoms with E-state index in [1.165, 1.54) is 29.4 Å². The number of para-hydroxylation sites is 2. The first kappa shape index (κ1) is 18.2. The minimum atomic E-state index is -0.605. The van der Waals surface area contributed by atoms with Gasteiger partial charge in [-0.2, -0.15) is 0 Å². The average Bonchev–Trinajstić information content (AvgIpc) is 2.93. The molecular weight excluding hydrogens is 350 g/mol. The largest absolute Gasteiger partial charge is 0.497 e. The number of ether oxygens (including phenoxy) is 2. The van der Waals surface area contributed by atoms with Gasteiger partial charge in [0.1, 0.15) is 12.3 Å². The van der Waals surface area contributed by atoms with Gasteiger partial charge in [0.25, 0.3) is 0 Å². The SMILES string of the molecule is COC(=O)c1cc(OC)ccc1NC(=O)Cn1c(=O)n(C)c2ccccc21. The molecule has 8 heteroatoms. The minimum absolute atomic E-state index is 0.162. The topological polar surface area (TPSA) is 91.6 Å². The highest BCUT2D eigenvalue weighted by atomic mass is 16.5. The van der Waals surface area contributed by atoms with Crippen LogP contribution in [-0.4, -0.2) is 35.2 Å². The lowest BCUT2D eigenvalue weighted by atomic mass is 10.1. The molecule has 1 aromatic heterocycles. The molecule has 140 valence electrons. The Morgan fingerprint density at radius 3 is 2.44 bits per heavy atom. The summed E-state index contributed by atoms with van der Waals surface area (Å²) in [5.74, 6) is -0.589.